The third kappa shape index (κ3) is 6.71. The molecule has 0 aliphatic heterocycles. The van der Waals surface area contributed by atoms with Gasteiger partial charge in [0.05, 0.1) is 0 Å². The van der Waals surface area contributed by atoms with Gasteiger partial charge in [0, 0.05) is 34.1 Å². The number of fused-ring (bicyclic) bond motifs is 4. The highest BCUT2D eigenvalue weighted by atomic mass is 15.1. The lowest BCUT2D eigenvalue weighted by Gasteiger charge is -2.28. The summed E-state index contributed by atoms with van der Waals surface area (Å²) in [6.07, 6.45) is 9.31. The molecular weight excluding hydrogens is 677 g/mol. The first kappa shape index (κ1) is 33.7. The highest BCUT2D eigenvalue weighted by Gasteiger charge is 2.17. The SMILES string of the molecule is C(=C\c1ccc(N(c2ccc3ccccc3c2)c2ccc3ccccc3c2)cc1)/c1ccc(N(c2ccc3c(c2)CCCC3)c2ccc3ccccc3c2)cc1. The molecule has 0 N–H and O–H groups in total. The van der Waals surface area contributed by atoms with Gasteiger partial charge in [0.2, 0.25) is 0 Å². The van der Waals surface area contributed by atoms with E-state index in [1.807, 2.05) is 0 Å². The lowest BCUT2D eigenvalue weighted by molar-refractivity contribution is 0.685. The number of hydrogen-bond donors (Lipinski definition) is 0. The van der Waals surface area contributed by atoms with Crippen molar-refractivity contribution >= 4 is 78.6 Å². The van der Waals surface area contributed by atoms with Gasteiger partial charge in [0.15, 0.2) is 0 Å². The summed E-state index contributed by atoms with van der Waals surface area (Å²) < 4.78 is 0. The van der Waals surface area contributed by atoms with Crippen LogP contribution in [-0.2, 0) is 12.8 Å². The quantitative estimate of drug-likeness (QED) is 0.144. The van der Waals surface area contributed by atoms with Gasteiger partial charge < -0.3 is 9.80 Å². The van der Waals surface area contributed by atoms with Gasteiger partial charge in [-0.1, -0.05) is 133 Å². The van der Waals surface area contributed by atoms with E-state index in [9.17, 15) is 0 Å². The van der Waals surface area contributed by atoms with E-state index in [1.165, 1.54) is 74.1 Å². The van der Waals surface area contributed by atoms with E-state index in [1.54, 1.807) is 0 Å². The Morgan fingerprint density at radius 2 is 0.625 bits per heavy atom. The van der Waals surface area contributed by atoms with Crippen molar-refractivity contribution in [2.75, 3.05) is 9.80 Å². The van der Waals surface area contributed by atoms with E-state index in [0.29, 0.717) is 0 Å². The maximum atomic E-state index is 2.42. The summed E-state index contributed by atoms with van der Waals surface area (Å²) in [7, 11) is 0. The number of anilines is 6. The lowest BCUT2D eigenvalue weighted by atomic mass is 9.91. The topological polar surface area (TPSA) is 6.48 Å². The fraction of sp³-hybridized carbons (Fsp3) is 0.0741. The van der Waals surface area contributed by atoms with E-state index < -0.39 is 0 Å². The second-order valence-corrected chi connectivity index (χ2v) is 14.9. The van der Waals surface area contributed by atoms with Crippen molar-refractivity contribution in [2.24, 2.45) is 0 Å². The van der Waals surface area contributed by atoms with Crippen LogP contribution < -0.4 is 9.80 Å². The largest absolute Gasteiger partial charge is 0.310 e. The minimum atomic E-state index is 1.12. The van der Waals surface area contributed by atoms with Gasteiger partial charge in [-0.25, -0.2) is 0 Å². The first-order valence-electron chi connectivity index (χ1n) is 19.8. The molecule has 2 heteroatoms. The van der Waals surface area contributed by atoms with E-state index >= 15 is 0 Å². The number of benzene rings is 9. The van der Waals surface area contributed by atoms with Crippen molar-refractivity contribution in [3.8, 4) is 0 Å². The van der Waals surface area contributed by atoms with Gasteiger partial charge in [0.25, 0.3) is 0 Å². The lowest BCUT2D eigenvalue weighted by Crippen LogP contribution is -2.12. The van der Waals surface area contributed by atoms with E-state index in [4.69, 9.17) is 0 Å². The van der Waals surface area contributed by atoms with Gasteiger partial charge >= 0.3 is 0 Å². The van der Waals surface area contributed by atoms with Crippen LogP contribution >= 0.6 is 0 Å². The molecule has 0 aromatic heterocycles. The van der Waals surface area contributed by atoms with E-state index in [2.05, 4.69) is 216 Å². The summed E-state index contributed by atoms with van der Waals surface area (Å²) in [4.78, 5) is 4.76. The monoisotopic (exact) mass is 718 g/mol. The number of rotatable bonds is 8. The number of hydrogen-bond acceptors (Lipinski definition) is 2. The van der Waals surface area contributed by atoms with Crippen LogP contribution in [0.25, 0.3) is 44.5 Å². The van der Waals surface area contributed by atoms with Crippen molar-refractivity contribution in [3.05, 3.63) is 216 Å². The molecular formula is C54H42N2. The Morgan fingerprint density at radius 1 is 0.286 bits per heavy atom. The summed E-state index contributed by atoms with van der Waals surface area (Å²) in [5.74, 6) is 0. The van der Waals surface area contributed by atoms with Crippen molar-refractivity contribution in [2.45, 2.75) is 25.7 Å². The Labute approximate surface area is 329 Å². The highest BCUT2D eigenvalue weighted by molar-refractivity contribution is 5.93. The van der Waals surface area contributed by atoms with Crippen LogP contribution in [0.4, 0.5) is 34.1 Å². The number of nitrogens with zero attached hydrogens (tertiary/aromatic N) is 2. The predicted molar refractivity (Wildman–Crippen MR) is 240 cm³/mol. The van der Waals surface area contributed by atoms with Gasteiger partial charge in [-0.05, 0) is 153 Å². The molecule has 0 amide bonds. The molecule has 0 heterocycles. The van der Waals surface area contributed by atoms with Crippen LogP contribution in [0.5, 0.6) is 0 Å². The van der Waals surface area contributed by atoms with Gasteiger partial charge in [-0.2, -0.15) is 0 Å². The molecule has 1 aliphatic rings. The molecule has 0 unspecified atom stereocenters. The van der Waals surface area contributed by atoms with Gasteiger partial charge in [0.1, 0.15) is 0 Å². The van der Waals surface area contributed by atoms with E-state index in [0.717, 1.165) is 40.3 Å². The molecule has 0 saturated carbocycles. The van der Waals surface area contributed by atoms with E-state index in [-0.39, 0.29) is 0 Å². The number of aryl methyl sites for hydroxylation is 2. The Hall–Kier alpha value is -6.90. The Balaban J connectivity index is 0.946. The smallest absolute Gasteiger partial charge is 0.0468 e. The third-order valence-electron chi connectivity index (χ3n) is 11.3. The second-order valence-electron chi connectivity index (χ2n) is 14.9. The molecule has 0 radical (unpaired) electrons. The van der Waals surface area contributed by atoms with Crippen molar-refractivity contribution in [1.29, 1.82) is 0 Å². The Kier molecular flexibility index (Phi) is 8.85. The van der Waals surface area contributed by atoms with Crippen LogP contribution in [0.1, 0.15) is 35.1 Å². The highest BCUT2D eigenvalue weighted by Crippen LogP contribution is 2.40. The second kappa shape index (κ2) is 14.7. The Morgan fingerprint density at radius 3 is 1.05 bits per heavy atom. The zero-order valence-corrected chi connectivity index (χ0v) is 31.4. The normalized spacial score (nSPS) is 12.6. The molecule has 0 bridgehead atoms. The minimum absolute atomic E-state index is 1.12. The summed E-state index contributed by atoms with van der Waals surface area (Å²) in [6, 6.07) is 70.9. The van der Waals surface area contributed by atoms with Gasteiger partial charge in [-0.15, -0.1) is 0 Å². The van der Waals surface area contributed by atoms with Crippen molar-refractivity contribution < 1.29 is 0 Å². The zero-order valence-electron chi connectivity index (χ0n) is 31.4. The molecule has 2 nitrogen and oxygen atoms in total. The van der Waals surface area contributed by atoms with Crippen LogP contribution in [-0.4, -0.2) is 0 Å². The summed E-state index contributed by atoms with van der Waals surface area (Å²) in [6.45, 7) is 0. The molecule has 0 spiro atoms. The molecule has 9 aromatic rings. The first-order chi connectivity index (χ1) is 27.7. The fourth-order valence-corrected chi connectivity index (χ4v) is 8.36. The first-order valence-corrected chi connectivity index (χ1v) is 19.8. The minimum Gasteiger partial charge on any atom is -0.310 e. The van der Waals surface area contributed by atoms with Crippen LogP contribution in [0.2, 0.25) is 0 Å². The van der Waals surface area contributed by atoms with Crippen LogP contribution in [0, 0.1) is 0 Å². The molecule has 268 valence electrons. The maximum absolute atomic E-state index is 2.42. The molecule has 0 fully saturated rings. The summed E-state index contributed by atoms with van der Waals surface area (Å²) >= 11 is 0. The van der Waals surface area contributed by atoms with Crippen molar-refractivity contribution in [3.63, 3.8) is 0 Å². The average Bonchev–Trinajstić information content (AvgIpc) is 3.26. The maximum Gasteiger partial charge on any atom is 0.0468 e. The Bertz CT molecular complexity index is 2790. The zero-order chi connectivity index (χ0) is 37.3. The molecule has 10 rings (SSSR count). The van der Waals surface area contributed by atoms with Crippen LogP contribution in [0.3, 0.4) is 0 Å². The molecule has 9 aromatic carbocycles. The van der Waals surface area contributed by atoms with Gasteiger partial charge in [-0.3, -0.25) is 0 Å². The standard InChI is InChI=1S/C54H42N2/c1-5-13-45-35-51(31-23-41(45)9-1)55(52-32-24-42-10-2-6-14-46(42)36-52)49-27-19-39(20-28-49)17-18-40-21-29-50(30-22-40)56(53-33-25-43-11-3-7-15-47(43)37-53)54-34-26-44-12-4-8-16-48(44)38-54/h1-3,5-7,9-11,13-15,17-38H,4,8,12,16H2/b18-17+. The third-order valence-corrected chi connectivity index (χ3v) is 11.3. The summed E-state index contributed by atoms with van der Waals surface area (Å²) in [5, 5.41) is 7.43. The molecule has 1 aliphatic carbocycles. The molecule has 0 atom stereocenters. The molecule has 56 heavy (non-hydrogen) atoms. The molecule has 0 saturated heterocycles. The van der Waals surface area contributed by atoms with Crippen LogP contribution in [0.15, 0.2) is 194 Å². The fourth-order valence-electron chi connectivity index (χ4n) is 8.36. The van der Waals surface area contributed by atoms with Crippen molar-refractivity contribution in [1.82, 2.24) is 0 Å². The average molecular weight is 719 g/mol. The predicted octanol–water partition coefficient (Wildman–Crippen LogP) is 15.1. The summed E-state index contributed by atoms with van der Waals surface area (Å²) in [5.41, 5.74) is 12.2.